The molecule has 2 aromatic carbocycles. The van der Waals surface area contributed by atoms with Crippen molar-refractivity contribution in [3.8, 4) is 11.4 Å². The maximum Gasteiger partial charge on any atom is 0.262 e. The number of anilines is 1. The van der Waals surface area contributed by atoms with E-state index in [2.05, 4.69) is 34.7 Å². The van der Waals surface area contributed by atoms with Crippen LogP contribution in [0.5, 0.6) is 5.75 Å². The minimum Gasteiger partial charge on any atom is -0.483 e. The van der Waals surface area contributed by atoms with Crippen LogP contribution in [0.3, 0.4) is 0 Å². The standard InChI is InChI=1S/C20H22FN5O2/c1-12(2)15-6-5-13(3)19(9-15)28-11-20(27)22-16-7-8-17(21)18(10-16)26-14(4)23-24-25-26/h5-10,12H,11H2,1-4H3,(H,22,27). The van der Waals surface area contributed by atoms with Crippen LogP contribution in [-0.4, -0.2) is 32.7 Å². The lowest BCUT2D eigenvalue weighted by molar-refractivity contribution is -0.118. The summed E-state index contributed by atoms with van der Waals surface area (Å²) in [6.45, 7) is 7.63. The SMILES string of the molecule is Cc1ccc(C(C)C)cc1OCC(=O)Nc1ccc(F)c(-n2nnnc2C)c1. The Labute approximate surface area is 162 Å². The fraction of sp³-hybridized carbons (Fsp3) is 0.300. The van der Waals surface area contributed by atoms with Crippen LogP contribution in [0.25, 0.3) is 5.69 Å². The highest BCUT2D eigenvalue weighted by molar-refractivity contribution is 5.92. The van der Waals surface area contributed by atoms with Crippen molar-refractivity contribution in [2.24, 2.45) is 0 Å². The number of rotatable bonds is 6. The first kappa shape index (κ1) is 19.5. The molecule has 0 radical (unpaired) electrons. The minimum atomic E-state index is -0.495. The molecule has 28 heavy (non-hydrogen) atoms. The van der Waals surface area contributed by atoms with E-state index in [1.807, 2.05) is 25.1 Å². The molecule has 8 heteroatoms. The van der Waals surface area contributed by atoms with E-state index in [9.17, 15) is 9.18 Å². The van der Waals surface area contributed by atoms with E-state index in [1.54, 1.807) is 6.92 Å². The molecule has 1 amide bonds. The number of amides is 1. The molecule has 1 heterocycles. The Bertz CT molecular complexity index is 1000. The van der Waals surface area contributed by atoms with E-state index in [0.29, 0.717) is 23.2 Å². The Morgan fingerprint density at radius 1 is 1.21 bits per heavy atom. The summed E-state index contributed by atoms with van der Waals surface area (Å²) < 4.78 is 21.1. The van der Waals surface area contributed by atoms with E-state index in [0.717, 1.165) is 11.1 Å². The number of hydrogen-bond donors (Lipinski definition) is 1. The molecule has 0 saturated carbocycles. The first-order valence-electron chi connectivity index (χ1n) is 8.93. The maximum absolute atomic E-state index is 14.1. The molecule has 0 atom stereocenters. The third kappa shape index (κ3) is 4.33. The van der Waals surface area contributed by atoms with Gasteiger partial charge in [0.15, 0.2) is 12.4 Å². The van der Waals surface area contributed by atoms with Gasteiger partial charge in [-0.05, 0) is 65.6 Å². The number of carbonyl (C=O) groups excluding carboxylic acids is 1. The number of nitrogens with one attached hydrogen (secondary N) is 1. The molecule has 146 valence electrons. The first-order valence-corrected chi connectivity index (χ1v) is 8.93. The average molecular weight is 383 g/mol. The number of tetrazole rings is 1. The fourth-order valence-electron chi connectivity index (χ4n) is 2.68. The molecule has 0 spiro atoms. The van der Waals surface area contributed by atoms with Gasteiger partial charge in [-0.15, -0.1) is 5.10 Å². The average Bonchev–Trinajstić information content (AvgIpc) is 3.08. The second-order valence-electron chi connectivity index (χ2n) is 6.82. The molecule has 7 nitrogen and oxygen atoms in total. The summed E-state index contributed by atoms with van der Waals surface area (Å²) in [7, 11) is 0. The van der Waals surface area contributed by atoms with Crippen molar-refractivity contribution >= 4 is 11.6 Å². The molecular formula is C20H22FN5O2. The van der Waals surface area contributed by atoms with Gasteiger partial charge in [0.2, 0.25) is 0 Å². The van der Waals surface area contributed by atoms with Gasteiger partial charge in [0, 0.05) is 5.69 Å². The van der Waals surface area contributed by atoms with E-state index in [4.69, 9.17) is 4.74 Å². The molecule has 3 aromatic rings. The number of halogens is 1. The molecule has 1 aromatic heterocycles. The predicted molar refractivity (Wildman–Crippen MR) is 103 cm³/mol. The molecule has 0 aliphatic rings. The number of carbonyl (C=O) groups is 1. The van der Waals surface area contributed by atoms with Gasteiger partial charge >= 0.3 is 0 Å². The predicted octanol–water partition coefficient (Wildman–Crippen LogP) is 3.56. The number of nitrogens with zero attached hydrogens (tertiary/aromatic N) is 4. The van der Waals surface area contributed by atoms with Gasteiger partial charge in [0.25, 0.3) is 5.91 Å². The molecule has 0 aliphatic heterocycles. The van der Waals surface area contributed by atoms with Crippen molar-refractivity contribution in [3.05, 3.63) is 59.2 Å². The third-order valence-corrected chi connectivity index (χ3v) is 4.32. The van der Waals surface area contributed by atoms with Gasteiger partial charge in [-0.3, -0.25) is 4.79 Å². The van der Waals surface area contributed by atoms with Crippen LogP contribution in [0, 0.1) is 19.7 Å². The Hall–Kier alpha value is -3.29. The van der Waals surface area contributed by atoms with Crippen LogP contribution in [0.1, 0.15) is 36.7 Å². The highest BCUT2D eigenvalue weighted by Gasteiger charge is 2.13. The molecule has 0 fully saturated rings. The summed E-state index contributed by atoms with van der Waals surface area (Å²) in [5.74, 6) is 0.631. The van der Waals surface area contributed by atoms with Gasteiger partial charge in [-0.2, -0.15) is 4.68 Å². The van der Waals surface area contributed by atoms with Crippen molar-refractivity contribution in [2.75, 3.05) is 11.9 Å². The monoisotopic (exact) mass is 383 g/mol. The van der Waals surface area contributed by atoms with Gasteiger partial charge in [0.1, 0.15) is 17.3 Å². The number of aryl methyl sites for hydroxylation is 2. The second kappa shape index (κ2) is 8.16. The summed E-state index contributed by atoms with van der Waals surface area (Å²) >= 11 is 0. The van der Waals surface area contributed by atoms with Crippen molar-refractivity contribution in [2.45, 2.75) is 33.6 Å². The van der Waals surface area contributed by atoms with E-state index in [-0.39, 0.29) is 18.2 Å². The molecule has 3 rings (SSSR count). The Kier molecular flexibility index (Phi) is 5.67. The lowest BCUT2D eigenvalue weighted by atomic mass is 10.0. The second-order valence-corrected chi connectivity index (χ2v) is 6.82. The lowest BCUT2D eigenvalue weighted by Gasteiger charge is -2.13. The summed E-state index contributed by atoms with van der Waals surface area (Å²) in [5, 5.41) is 13.7. The first-order chi connectivity index (χ1) is 13.3. The highest BCUT2D eigenvalue weighted by atomic mass is 19.1. The van der Waals surface area contributed by atoms with Crippen LogP contribution >= 0.6 is 0 Å². The zero-order valence-electron chi connectivity index (χ0n) is 16.2. The van der Waals surface area contributed by atoms with Crippen molar-refractivity contribution in [1.29, 1.82) is 0 Å². The molecule has 0 saturated heterocycles. The van der Waals surface area contributed by atoms with E-state index >= 15 is 0 Å². The van der Waals surface area contributed by atoms with Gasteiger partial charge in [-0.1, -0.05) is 26.0 Å². The smallest absolute Gasteiger partial charge is 0.262 e. The molecule has 0 unspecified atom stereocenters. The number of ether oxygens (including phenoxy) is 1. The van der Waals surface area contributed by atoms with Crippen molar-refractivity contribution < 1.29 is 13.9 Å². The van der Waals surface area contributed by atoms with E-state index < -0.39 is 5.82 Å². The topological polar surface area (TPSA) is 81.9 Å². The summed E-state index contributed by atoms with van der Waals surface area (Å²) in [6, 6.07) is 10.2. The zero-order valence-corrected chi connectivity index (χ0v) is 16.2. The van der Waals surface area contributed by atoms with Crippen LogP contribution < -0.4 is 10.1 Å². The largest absolute Gasteiger partial charge is 0.483 e. The lowest BCUT2D eigenvalue weighted by Crippen LogP contribution is -2.20. The van der Waals surface area contributed by atoms with Crippen LogP contribution in [0.2, 0.25) is 0 Å². The molecule has 0 aliphatic carbocycles. The molecule has 1 N–H and O–H groups in total. The van der Waals surface area contributed by atoms with Gasteiger partial charge in [-0.25, -0.2) is 4.39 Å². The summed E-state index contributed by atoms with van der Waals surface area (Å²) in [4.78, 5) is 12.3. The fourth-order valence-corrected chi connectivity index (χ4v) is 2.68. The Morgan fingerprint density at radius 3 is 2.68 bits per heavy atom. The molecular weight excluding hydrogens is 361 g/mol. The highest BCUT2D eigenvalue weighted by Crippen LogP contribution is 2.24. The third-order valence-electron chi connectivity index (χ3n) is 4.32. The normalized spacial score (nSPS) is 10.9. The van der Waals surface area contributed by atoms with Crippen LogP contribution in [-0.2, 0) is 4.79 Å². The van der Waals surface area contributed by atoms with Crippen LogP contribution in [0.15, 0.2) is 36.4 Å². The molecule has 0 bridgehead atoms. The number of hydrogen-bond acceptors (Lipinski definition) is 5. The zero-order chi connectivity index (χ0) is 20.3. The van der Waals surface area contributed by atoms with Gasteiger partial charge in [0.05, 0.1) is 0 Å². The summed E-state index contributed by atoms with van der Waals surface area (Å²) in [5.41, 5.74) is 2.67. The number of benzene rings is 2. The van der Waals surface area contributed by atoms with Gasteiger partial charge < -0.3 is 10.1 Å². The van der Waals surface area contributed by atoms with Crippen LogP contribution in [0.4, 0.5) is 10.1 Å². The quantitative estimate of drug-likeness (QED) is 0.704. The Morgan fingerprint density at radius 2 is 2.00 bits per heavy atom. The number of aromatic nitrogens is 4. The van der Waals surface area contributed by atoms with E-state index in [1.165, 1.54) is 22.9 Å². The Balaban J connectivity index is 1.69. The van der Waals surface area contributed by atoms with Crippen molar-refractivity contribution in [1.82, 2.24) is 20.2 Å². The maximum atomic E-state index is 14.1. The minimum absolute atomic E-state index is 0.154. The summed E-state index contributed by atoms with van der Waals surface area (Å²) in [6.07, 6.45) is 0. The van der Waals surface area contributed by atoms with Crippen molar-refractivity contribution in [3.63, 3.8) is 0 Å².